The van der Waals surface area contributed by atoms with Crippen molar-refractivity contribution in [2.45, 2.75) is 70.1 Å². The summed E-state index contributed by atoms with van der Waals surface area (Å²) in [7, 11) is 0. The van der Waals surface area contributed by atoms with Crippen LogP contribution in [0.15, 0.2) is 4.99 Å². The second-order valence-corrected chi connectivity index (χ2v) is 8.19. The van der Waals surface area contributed by atoms with Gasteiger partial charge in [0.2, 0.25) is 17.7 Å². The number of aliphatic hydroxyl groups excluding tert-OH is 1. The summed E-state index contributed by atoms with van der Waals surface area (Å²) in [4.78, 5) is 54.8. The summed E-state index contributed by atoms with van der Waals surface area (Å²) in [5, 5.41) is 24.0. The van der Waals surface area contributed by atoms with Crippen LogP contribution in [0.3, 0.4) is 0 Å². The van der Waals surface area contributed by atoms with E-state index in [9.17, 15) is 29.4 Å². The Bertz CT molecular complexity index is 728. The SMILES string of the molecule is CCC(C)C(N)C(=O)NC(CO)C(=O)NC(CCCN=C(N)N)C(=O)N1CCCC1C(=O)O. The molecule has 1 fully saturated rings. The third-order valence-corrected chi connectivity index (χ3v) is 5.76. The van der Waals surface area contributed by atoms with Gasteiger partial charge in [0, 0.05) is 13.1 Å². The fourth-order valence-corrected chi connectivity index (χ4v) is 3.50. The molecule has 0 aromatic rings. The van der Waals surface area contributed by atoms with Crippen LogP contribution in [0, 0.1) is 5.92 Å². The summed E-state index contributed by atoms with van der Waals surface area (Å²) in [6.07, 6.45) is 1.95. The van der Waals surface area contributed by atoms with Gasteiger partial charge in [-0.3, -0.25) is 19.4 Å². The number of aliphatic imine (C=N–C) groups is 1. The Kier molecular flexibility index (Phi) is 11.6. The van der Waals surface area contributed by atoms with Crippen LogP contribution in [-0.4, -0.2) is 88.6 Å². The van der Waals surface area contributed by atoms with Gasteiger partial charge in [-0.25, -0.2) is 4.79 Å². The lowest BCUT2D eigenvalue weighted by Gasteiger charge is -2.29. The summed E-state index contributed by atoms with van der Waals surface area (Å²) < 4.78 is 0. The zero-order chi connectivity index (χ0) is 25.1. The molecule has 1 aliphatic heterocycles. The van der Waals surface area contributed by atoms with Gasteiger partial charge >= 0.3 is 5.97 Å². The fraction of sp³-hybridized carbons (Fsp3) is 0.750. The molecule has 1 aliphatic rings. The normalized spacial score (nSPS) is 19.2. The Morgan fingerprint density at radius 2 is 1.79 bits per heavy atom. The van der Waals surface area contributed by atoms with Crippen LogP contribution in [0.2, 0.25) is 0 Å². The highest BCUT2D eigenvalue weighted by molar-refractivity contribution is 5.94. The molecule has 13 heteroatoms. The third kappa shape index (κ3) is 8.50. The number of hydrogen-bond donors (Lipinski definition) is 7. The van der Waals surface area contributed by atoms with Gasteiger partial charge in [-0.15, -0.1) is 0 Å². The summed E-state index contributed by atoms with van der Waals surface area (Å²) in [6.45, 7) is 3.41. The lowest BCUT2D eigenvalue weighted by Crippen LogP contribution is -2.58. The highest BCUT2D eigenvalue weighted by Crippen LogP contribution is 2.19. The molecule has 0 radical (unpaired) electrons. The monoisotopic (exact) mass is 471 g/mol. The molecule has 0 aromatic carbocycles. The van der Waals surface area contributed by atoms with Crippen molar-refractivity contribution in [2.75, 3.05) is 19.7 Å². The minimum atomic E-state index is -1.32. The van der Waals surface area contributed by atoms with Gasteiger partial charge in [-0.2, -0.15) is 0 Å². The van der Waals surface area contributed by atoms with E-state index in [-0.39, 0.29) is 31.4 Å². The molecule has 5 atom stereocenters. The number of rotatable bonds is 13. The summed E-state index contributed by atoms with van der Waals surface area (Å²) in [5.74, 6) is -3.31. The number of amides is 3. The summed E-state index contributed by atoms with van der Waals surface area (Å²) >= 11 is 0. The van der Waals surface area contributed by atoms with E-state index >= 15 is 0 Å². The van der Waals surface area contributed by atoms with E-state index in [4.69, 9.17) is 17.2 Å². The lowest BCUT2D eigenvalue weighted by molar-refractivity contribution is -0.149. The topological polar surface area (TPSA) is 226 Å². The molecule has 33 heavy (non-hydrogen) atoms. The first-order valence-electron chi connectivity index (χ1n) is 11.1. The standard InChI is InChI=1S/C20H37N7O6/c1-3-11(2)15(21)17(30)26-13(10-28)16(29)25-12(6-4-8-24-20(22)23)18(31)27-9-5-7-14(27)19(32)33/h11-15,28H,3-10,21H2,1-2H3,(H,25,29)(H,26,30)(H,32,33)(H4,22,23,24). The van der Waals surface area contributed by atoms with E-state index in [1.54, 1.807) is 6.92 Å². The molecule has 1 saturated heterocycles. The van der Waals surface area contributed by atoms with Crippen molar-refractivity contribution in [2.24, 2.45) is 28.1 Å². The van der Waals surface area contributed by atoms with Crippen molar-refractivity contribution in [1.82, 2.24) is 15.5 Å². The third-order valence-electron chi connectivity index (χ3n) is 5.76. The van der Waals surface area contributed by atoms with E-state index in [1.807, 2.05) is 6.92 Å². The van der Waals surface area contributed by atoms with Crippen molar-refractivity contribution in [3.05, 3.63) is 0 Å². The zero-order valence-corrected chi connectivity index (χ0v) is 19.2. The molecule has 0 saturated carbocycles. The van der Waals surface area contributed by atoms with E-state index < -0.39 is 54.5 Å². The Morgan fingerprint density at radius 3 is 2.33 bits per heavy atom. The number of aliphatic hydroxyl groups is 1. The van der Waals surface area contributed by atoms with Gasteiger partial charge in [-0.05, 0) is 31.6 Å². The number of guanidine groups is 1. The molecule has 1 rings (SSSR count). The number of carboxylic acid groups (broad SMARTS) is 1. The number of carboxylic acids is 1. The molecule has 5 unspecified atom stereocenters. The number of carbonyl (C=O) groups excluding carboxylic acids is 3. The highest BCUT2D eigenvalue weighted by atomic mass is 16.4. The zero-order valence-electron chi connectivity index (χ0n) is 19.2. The minimum absolute atomic E-state index is 0.118. The average Bonchev–Trinajstić information content (AvgIpc) is 3.27. The second-order valence-electron chi connectivity index (χ2n) is 8.19. The van der Waals surface area contributed by atoms with Gasteiger partial charge in [0.05, 0.1) is 12.6 Å². The average molecular weight is 472 g/mol. The molecule has 0 aromatic heterocycles. The Morgan fingerprint density at radius 1 is 1.15 bits per heavy atom. The molecule has 0 aliphatic carbocycles. The van der Waals surface area contributed by atoms with Gasteiger partial charge in [0.15, 0.2) is 5.96 Å². The molecular weight excluding hydrogens is 434 g/mol. The Labute approximate surface area is 193 Å². The van der Waals surface area contributed by atoms with Crippen molar-refractivity contribution >= 4 is 29.7 Å². The summed E-state index contributed by atoms with van der Waals surface area (Å²) in [6, 6.07) is -4.25. The second kappa shape index (κ2) is 13.6. The fourth-order valence-electron chi connectivity index (χ4n) is 3.50. The predicted molar refractivity (Wildman–Crippen MR) is 121 cm³/mol. The molecular formula is C20H37N7O6. The molecule has 3 amide bonds. The number of likely N-dealkylation sites (tertiary alicyclic amines) is 1. The highest BCUT2D eigenvalue weighted by Gasteiger charge is 2.38. The predicted octanol–water partition coefficient (Wildman–Crippen LogP) is -2.55. The van der Waals surface area contributed by atoms with Crippen LogP contribution in [0.5, 0.6) is 0 Å². The van der Waals surface area contributed by atoms with Crippen LogP contribution >= 0.6 is 0 Å². The smallest absolute Gasteiger partial charge is 0.326 e. The first-order chi connectivity index (χ1) is 15.5. The number of nitrogens with one attached hydrogen (secondary N) is 2. The molecule has 0 bridgehead atoms. The number of nitrogens with two attached hydrogens (primary N) is 3. The van der Waals surface area contributed by atoms with E-state index in [1.165, 1.54) is 4.90 Å². The van der Waals surface area contributed by atoms with Gasteiger partial charge in [0.25, 0.3) is 0 Å². The van der Waals surface area contributed by atoms with E-state index in [0.29, 0.717) is 25.7 Å². The first kappa shape index (κ1) is 28.1. The first-order valence-corrected chi connectivity index (χ1v) is 11.1. The van der Waals surface area contributed by atoms with Crippen LogP contribution < -0.4 is 27.8 Å². The maximum Gasteiger partial charge on any atom is 0.326 e. The van der Waals surface area contributed by atoms with Crippen LogP contribution in [0.1, 0.15) is 46.0 Å². The van der Waals surface area contributed by atoms with Crippen molar-refractivity contribution in [3.8, 4) is 0 Å². The number of carbonyl (C=O) groups is 4. The number of aliphatic carboxylic acids is 1. The van der Waals surface area contributed by atoms with Crippen LogP contribution in [-0.2, 0) is 19.2 Å². The lowest BCUT2D eigenvalue weighted by atomic mass is 9.99. The quantitative estimate of drug-likeness (QED) is 0.0850. The van der Waals surface area contributed by atoms with E-state index in [2.05, 4.69) is 15.6 Å². The maximum absolute atomic E-state index is 13.1. The maximum atomic E-state index is 13.1. The molecule has 1 heterocycles. The largest absolute Gasteiger partial charge is 0.480 e. The molecule has 10 N–H and O–H groups in total. The van der Waals surface area contributed by atoms with E-state index in [0.717, 1.165) is 0 Å². The van der Waals surface area contributed by atoms with Gasteiger partial charge < -0.3 is 42.9 Å². The van der Waals surface area contributed by atoms with Crippen LogP contribution in [0.25, 0.3) is 0 Å². The summed E-state index contributed by atoms with van der Waals surface area (Å²) in [5.41, 5.74) is 16.5. The molecule has 0 spiro atoms. The van der Waals surface area contributed by atoms with Crippen molar-refractivity contribution in [1.29, 1.82) is 0 Å². The number of hydrogen-bond acceptors (Lipinski definition) is 7. The molecule has 13 nitrogen and oxygen atoms in total. The van der Waals surface area contributed by atoms with Crippen molar-refractivity contribution < 1.29 is 29.4 Å². The Balaban J connectivity index is 2.93. The van der Waals surface area contributed by atoms with Crippen LogP contribution in [0.4, 0.5) is 0 Å². The van der Waals surface area contributed by atoms with Gasteiger partial charge in [-0.1, -0.05) is 20.3 Å². The molecule has 188 valence electrons. The van der Waals surface area contributed by atoms with Gasteiger partial charge in [0.1, 0.15) is 18.1 Å². The Hall–Kier alpha value is -2.93. The number of nitrogens with zero attached hydrogens (tertiary/aromatic N) is 2. The van der Waals surface area contributed by atoms with Crippen molar-refractivity contribution in [3.63, 3.8) is 0 Å². The minimum Gasteiger partial charge on any atom is -0.480 e.